The Morgan fingerprint density at radius 2 is 1.65 bits per heavy atom. The molecule has 0 heterocycles. The van der Waals surface area contributed by atoms with Crippen LogP contribution < -0.4 is 4.74 Å². The summed E-state index contributed by atoms with van der Waals surface area (Å²) >= 11 is 0. The molecule has 0 aliphatic rings. The van der Waals surface area contributed by atoms with Crippen LogP contribution in [0.25, 0.3) is 0 Å². The summed E-state index contributed by atoms with van der Waals surface area (Å²) in [6.07, 6.45) is 3.63. The van der Waals surface area contributed by atoms with Gasteiger partial charge in [-0.3, -0.25) is 0 Å². The van der Waals surface area contributed by atoms with E-state index in [1.165, 1.54) is 5.57 Å². The first-order valence-corrected chi connectivity index (χ1v) is 8.26. The highest BCUT2D eigenvalue weighted by Gasteiger charge is 2.21. The van der Waals surface area contributed by atoms with Crippen LogP contribution in [0.5, 0.6) is 5.75 Å². The summed E-state index contributed by atoms with van der Waals surface area (Å²) in [5.74, 6) is 0.710. The van der Waals surface area contributed by atoms with Gasteiger partial charge in [0.05, 0.1) is 13.2 Å². The molecule has 0 spiro atoms. The first-order valence-electron chi connectivity index (χ1n) is 8.26. The number of hydrogen-bond donors (Lipinski definition) is 1. The molecule has 0 amide bonds. The molecule has 0 saturated heterocycles. The molecule has 2 rings (SSSR count). The van der Waals surface area contributed by atoms with Crippen molar-refractivity contribution in [3.8, 4) is 5.75 Å². The normalized spacial score (nSPS) is 13.2. The molecule has 2 atom stereocenters. The van der Waals surface area contributed by atoms with Gasteiger partial charge in [0.1, 0.15) is 5.75 Å². The molecule has 0 aliphatic heterocycles. The lowest BCUT2D eigenvalue weighted by Gasteiger charge is -2.22. The Kier molecular flexibility index (Phi) is 6.42. The number of rotatable bonds is 7. The summed E-state index contributed by atoms with van der Waals surface area (Å²) in [6.45, 7) is 4.32. The van der Waals surface area contributed by atoms with Gasteiger partial charge in [0.2, 0.25) is 0 Å². The second-order valence-corrected chi connectivity index (χ2v) is 5.69. The van der Waals surface area contributed by atoms with E-state index in [1.54, 1.807) is 7.11 Å². The molecule has 0 unspecified atom stereocenters. The topological polar surface area (TPSA) is 29.5 Å². The van der Waals surface area contributed by atoms with Crippen LogP contribution in [0, 0.1) is 0 Å². The molecule has 1 N–H and O–H groups in total. The van der Waals surface area contributed by atoms with E-state index in [-0.39, 0.29) is 5.92 Å². The van der Waals surface area contributed by atoms with Crippen molar-refractivity contribution in [3.05, 3.63) is 77.4 Å². The Bertz CT molecular complexity index is 625. The molecule has 2 heteroatoms. The minimum absolute atomic E-state index is 0.0572. The molecule has 2 nitrogen and oxygen atoms in total. The zero-order valence-electron chi connectivity index (χ0n) is 14.2. The predicted molar refractivity (Wildman–Crippen MR) is 95.8 cm³/mol. The van der Waals surface area contributed by atoms with E-state index >= 15 is 0 Å². The molecular formula is C21H26O2. The standard InChI is InChI=1S/C21H26O2/c1-4-16(5-2)14-20(17-10-7-6-8-11-17)21(22)18-12-9-13-19(15-18)23-3/h6-15,20-22H,4-5H2,1-3H3/t20-,21-/m0/s1. The van der Waals surface area contributed by atoms with Gasteiger partial charge in [-0.15, -0.1) is 0 Å². The molecule has 0 aliphatic carbocycles. The highest BCUT2D eigenvalue weighted by Crippen LogP contribution is 2.35. The fraction of sp³-hybridized carbons (Fsp3) is 0.333. The molecule has 23 heavy (non-hydrogen) atoms. The van der Waals surface area contributed by atoms with Crippen molar-refractivity contribution in [2.45, 2.75) is 38.7 Å². The fourth-order valence-electron chi connectivity index (χ4n) is 2.82. The Morgan fingerprint density at radius 1 is 1.00 bits per heavy atom. The second kappa shape index (κ2) is 8.54. The van der Waals surface area contributed by atoms with Crippen molar-refractivity contribution >= 4 is 0 Å². The monoisotopic (exact) mass is 310 g/mol. The Labute approximate surface area is 139 Å². The minimum Gasteiger partial charge on any atom is -0.497 e. The maximum atomic E-state index is 11.0. The average Bonchev–Trinajstić information content (AvgIpc) is 2.63. The number of hydrogen-bond acceptors (Lipinski definition) is 2. The SMILES string of the molecule is CCC(=C[C@@H](c1ccccc1)[C@@H](O)c1cccc(OC)c1)CC. The van der Waals surface area contributed by atoms with Gasteiger partial charge >= 0.3 is 0 Å². The van der Waals surface area contributed by atoms with Gasteiger partial charge in [-0.05, 0) is 36.1 Å². The van der Waals surface area contributed by atoms with Crippen LogP contribution in [0.4, 0.5) is 0 Å². The molecule has 0 saturated carbocycles. The van der Waals surface area contributed by atoms with Crippen molar-refractivity contribution in [2.75, 3.05) is 7.11 Å². The fourth-order valence-corrected chi connectivity index (χ4v) is 2.82. The summed E-state index contributed by atoms with van der Waals surface area (Å²) in [5.41, 5.74) is 3.36. The Balaban J connectivity index is 2.41. The number of aliphatic hydroxyl groups is 1. The number of methoxy groups -OCH3 is 1. The second-order valence-electron chi connectivity index (χ2n) is 5.69. The smallest absolute Gasteiger partial charge is 0.119 e. The number of aliphatic hydroxyl groups excluding tert-OH is 1. The van der Waals surface area contributed by atoms with Crippen molar-refractivity contribution < 1.29 is 9.84 Å². The Morgan fingerprint density at radius 3 is 2.26 bits per heavy atom. The van der Waals surface area contributed by atoms with Crippen molar-refractivity contribution in [3.63, 3.8) is 0 Å². The van der Waals surface area contributed by atoms with Crippen molar-refractivity contribution in [1.82, 2.24) is 0 Å². The molecule has 2 aromatic rings. The van der Waals surface area contributed by atoms with Crippen LogP contribution in [-0.2, 0) is 0 Å². The summed E-state index contributed by atoms with van der Waals surface area (Å²) in [5, 5.41) is 11.0. The van der Waals surface area contributed by atoms with E-state index in [4.69, 9.17) is 4.74 Å². The van der Waals surface area contributed by atoms with Gasteiger partial charge in [-0.2, -0.15) is 0 Å². The lowest BCUT2D eigenvalue weighted by atomic mass is 9.86. The lowest BCUT2D eigenvalue weighted by molar-refractivity contribution is 0.161. The minimum atomic E-state index is -0.597. The first-order chi connectivity index (χ1) is 11.2. The third-order valence-electron chi connectivity index (χ3n) is 4.28. The largest absolute Gasteiger partial charge is 0.497 e. The zero-order chi connectivity index (χ0) is 16.7. The van der Waals surface area contributed by atoms with Gasteiger partial charge < -0.3 is 9.84 Å². The van der Waals surface area contributed by atoms with Crippen LogP contribution >= 0.6 is 0 Å². The van der Waals surface area contributed by atoms with E-state index < -0.39 is 6.10 Å². The van der Waals surface area contributed by atoms with Gasteiger partial charge in [0, 0.05) is 5.92 Å². The van der Waals surface area contributed by atoms with E-state index in [9.17, 15) is 5.11 Å². The van der Waals surface area contributed by atoms with Crippen LogP contribution in [0.2, 0.25) is 0 Å². The van der Waals surface area contributed by atoms with Gasteiger partial charge in [-0.25, -0.2) is 0 Å². The average molecular weight is 310 g/mol. The van der Waals surface area contributed by atoms with Crippen LogP contribution in [0.15, 0.2) is 66.2 Å². The maximum absolute atomic E-state index is 11.0. The molecule has 0 fully saturated rings. The Hall–Kier alpha value is -2.06. The zero-order valence-corrected chi connectivity index (χ0v) is 14.2. The van der Waals surface area contributed by atoms with Crippen molar-refractivity contribution in [2.24, 2.45) is 0 Å². The third kappa shape index (κ3) is 4.46. The molecule has 0 bridgehead atoms. The summed E-state index contributed by atoms with van der Waals surface area (Å²) < 4.78 is 5.29. The maximum Gasteiger partial charge on any atom is 0.119 e. The molecular weight excluding hydrogens is 284 g/mol. The van der Waals surface area contributed by atoms with Gasteiger partial charge in [0.25, 0.3) is 0 Å². The predicted octanol–water partition coefficient (Wildman–Crippen LogP) is 5.26. The summed E-state index contributed by atoms with van der Waals surface area (Å²) in [7, 11) is 1.65. The van der Waals surface area contributed by atoms with Gasteiger partial charge in [-0.1, -0.05) is 68.0 Å². The van der Waals surface area contributed by atoms with E-state index in [0.29, 0.717) is 0 Å². The van der Waals surface area contributed by atoms with Crippen LogP contribution in [0.3, 0.4) is 0 Å². The highest BCUT2D eigenvalue weighted by molar-refractivity contribution is 5.35. The van der Waals surface area contributed by atoms with E-state index in [0.717, 1.165) is 29.7 Å². The molecule has 122 valence electrons. The number of ether oxygens (including phenoxy) is 1. The van der Waals surface area contributed by atoms with Crippen LogP contribution in [0.1, 0.15) is 49.8 Å². The highest BCUT2D eigenvalue weighted by atomic mass is 16.5. The first kappa shape index (κ1) is 17.3. The molecule has 0 aromatic heterocycles. The van der Waals surface area contributed by atoms with Crippen LogP contribution in [-0.4, -0.2) is 12.2 Å². The molecule has 2 aromatic carbocycles. The molecule has 0 radical (unpaired) electrons. The summed E-state index contributed by atoms with van der Waals surface area (Å²) in [4.78, 5) is 0. The number of benzene rings is 2. The quantitative estimate of drug-likeness (QED) is 0.707. The third-order valence-corrected chi connectivity index (χ3v) is 4.28. The van der Waals surface area contributed by atoms with Gasteiger partial charge in [0.15, 0.2) is 0 Å². The van der Waals surface area contributed by atoms with E-state index in [1.807, 2.05) is 42.5 Å². The lowest BCUT2D eigenvalue weighted by Crippen LogP contribution is -2.10. The van der Waals surface area contributed by atoms with E-state index in [2.05, 4.69) is 32.1 Å². The number of allylic oxidation sites excluding steroid dienone is 1. The van der Waals surface area contributed by atoms with Crippen molar-refractivity contribution in [1.29, 1.82) is 0 Å². The summed E-state index contributed by atoms with van der Waals surface area (Å²) in [6, 6.07) is 17.9.